The fraction of sp³-hybridized carbons (Fsp3) is 0.464. The summed E-state index contributed by atoms with van der Waals surface area (Å²) in [4.78, 5) is 4.30. The van der Waals surface area contributed by atoms with Crippen LogP contribution in [0.5, 0.6) is 0 Å². The topological polar surface area (TPSA) is 40.6 Å². The molecule has 35 heavy (non-hydrogen) atoms. The number of pyridine rings is 1. The maximum absolute atomic E-state index is 14.7. The highest BCUT2D eigenvalue weighted by Gasteiger charge is 2.81. The number of hydrogen-bond donors (Lipinski definition) is 0. The molecule has 0 radical (unpaired) electrons. The number of para-hydroxylation sites is 1. The van der Waals surface area contributed by atoms with Gasteiger partial charge in [-0.2, -0.15) is 0 Å². The minimum atomic E-state index is -0.433. The third-order valence-corrected chi connectivity index (χ3v) is 9.12. The summed E-state index contributed by atoms with van der Waals surface area (Å²) in [5, 5.41) is 1.12. The molecule has 7 rings (SSSR count). The van der Waals surface area contributed by atoms with Crippen LogP contribution in [0.15, 0.2) is 54.6 Å². The second kappa shape index (κ2) is 7.76. The molecule has 4 fully saturated rings. The number of fused-ring (bicyclic) bond motifs is 1. The first kappa shape index (κ1) is 23.4. The average Bonchev–Trinajstić information content (AvgIpc) is 2.96. The van der Waals surface area contributed by atoms with Crippen molar-refractivity contribution in [2.24, 2.45) is 5.41 Å². The van der Waals surface area contributed by atoms with Crippen LogP contribution in [0.25, 0.3) is 10.9 Å². The van der Waals surface area contributed by atoms with Gasteiger partial charge in [0.25, 0.3) is 0 Å². The third-order valence-electron chi connectivity index (χ3n) is 8.93. The largest absolute Gasteiger partial charge is 0.462 e. The molecule has 7 heteroatoms. The highest BCUT2D eigenvalue weighted by molar-refractivity contribution is 6.49. The predicted molar refractivity (Wildman–Crippen MR) is 136 cm³/mol. The summed E-state index contributed by atoms with van der Waals surface area (Å²) in [6.45, 7) is 9.52. The second-order valence-electron chi connectivity index (χ2n) is 11.6. The zero-order valence-corrected chi connectivity index (χ0v) is 21.4. The van der Waals surface area contributed by atoms with Gasteiger partial charge in [-0.25, -0.2) is 9.37 Å². The molecule has 0 N–H and O–H groups in total. The molecule has 3 aliphatic carbocycles. The zero-order valence-electron chi connectivity index (χ0n) is 20.6. The van der Waals surface area contributed by atoms with Gasteiger partial charge in [0.1, 0.15) is 16.5 Å². The molecule has 182 valence electrons. The summed E-state index contributed by atoms with van der Waals surface area (Å²) >= 11 is 6.42. The molecule has 1 atom stereocenters. The molecule has 2 aromatic carbocycles. The Morgan fingerprint density at radius 3 is 2.40 bits per heavy atom. The van der Waals surface area contributed by atoms with Crippen molar-refractivity contribution in [3.63, 3.8) is 0 Å². The Morgan fingerprint density at radius 1 is 1.03 bits per heavy atom. The molecule has 2 bridgehead atoms. The third kappa shape index (κ3) is 3.41. The molecule has 0 amide bonds. The van der Waals surface area contributed by atoms with Gasteiger partial charge in [-0.1, -0.05) is 54.1 Å². The minimum Gasteiger partial charge on any atom is -0.403 e. The highest BCUT2D eigenvalue weighted by atomic mass is 35.5. The number of halogens is 2. The number of nitrogens with zero attached hydrogens (tertiary/aromatic N) is 1. The van der Waals surface area contributed by atoms with E-state index in [4.69, 9.17) is 25.6 Å². The lowest BCUT2D eigenvalue weighted by atomic mass is 9.20. The number of ether oxygens (including phenoxy) is 1. The number of hydrogen-bond acceptors (Lipinski definition) is 4. The van der Waals surface area contributed by atoms with Crippen molar-refractivity contribution in [3.8, 4) is 0 Å². The quantitative estimate of drug-likeness (QED) is 0.282. The summed E-state index contributed by atoms with van der Waals surface area (Å²) in [6.07, 6.45) is 1.85. The minimum absolute atomic E-state index is 0.0503. The molecular formula is C28H30BClFNO3. The van der Waals surface area contributed by atoms with Crippen LogP contribution in [-0.2, 0) is 26.1 Å². The molecule has 3 saturated carbocycles. The second-order valence-corrected chi connectivity index (χ2v) is 12.0. The maximum Gasteiger partial charge on any atom is 0.462 e. The predicted octanol–water partition coefficient (Wildman–Crippen LogP) is 6.74. The molecule has 1 aromatic heterocycles. The van der Waals surface area contributed by atoms with E-state index in [1.807, 2.05) is 30.3 Å². The van der Waals surface area contributed by atoms with Crippen LogP contribution in [0.1, 0.15) is 51.7 Å². The molecule has 1 saturated heterocycles. The number of rotatable bonds is 6. The molecule has 1 unspecified atom stereocenters. The van der Waals surface area contributed by atoms with Crippen LogP contribution in [-0.4, -0.2) is 29.9 Å². The van der Waals surface area contributed by atoms with Crippen molar-refractivity contribution < 1.29 is 18.4 Å². The first-order chi connectivity index (χ1) is 16.6. The van der Waals surface area contributed by atoms with Crippen LogP contribution in [0.3, 0.4) is 0 Å². The molecule has 4 aliphatic rings. The fourth-order valence-electron chi connectivity index (χ4n) is 6.63. The van der Waals surface area contributed by atoms with Gasteiger partial charge in [0.15, 0.2) is 0 Å². The van der Waals surface area contributed by atoms with E-state index in [2.05, 4.69) is 44.8 Å². The number of aromatic nitrogens is 1. The Morgan fingerprint density at radius 2 is 1.71 bits per heavy atom. The Kier molecular flexibility index (Phi) is 5.19. The summed E-state index contributed by atoms with van der Waals surface area (Å²) in [6, 6.07) is 17.2. The first-order valence-electron chi connectivity index (χ1n) is 12.3. The van der Waals surface area contributed by atoms with Crippen molar-refractivity contribution in [2.45, 2.75) is 69.6 Å². The van der Waals surface area contributed by atoms with E-state index in [1.54, 1.807) is 6.07 Å². The zero-order chi connectivity index (χ0) is 24.6. The van der Waals surface area contributed by atoms with Crippen LogP contribution < -0.4 is 0 Å². The SMILES string of the molecule is CC1(C)OB(C2C3(COCc4ccccc4)CC2(c2cc(Cl)nc4c(F)cccc24)C3)OC1(C)C. The molecule has 1 aliphatic heterocycles. The van der Waals surface area contributed by atoms with Crippen molar-refractivity contribution in [2.75, 3.05) is 6.61 Å². The lowest BCUT2D eigenvalue weighted by Crippen LogP contribution is -2.75. The van der Waals surface area contributed by atoms with E-state index < -0.39 is 11.2 Å². The molecule has 4 nitrogen and oxygen atoms in total. The van der Waals surface area contributed by atoms with Gasteiger partial charge >= 0.3 is 7.12 Å². The fourth-order valence-corrected chi connectivity index (χ4v) is 6.83. The maximum atomic E-state index is 14.7. The van der Waals surface area contributed by atoms with Crippen molar-refractivity contribution >= 4 is 29.6 Å². The van der Waals surface area contributed by atoms with Gasteiger partial charge in [0, 0.05) is 11.2 Å². The van der Waals surface area contributed by atoms with E-state index in [0.717, 1.165) is 29.4 Å². The highest BCUT2D eigenvalue weighted by Crippen LogP contribution is 2.82. The standard InChI is InChI=1S/C28H30BClFNO3/c1-25(2)26(3,4)35-29(34-25)24-27(17-33-14-18-9-6-5-7-10-18)15-28(24,16-27)20-13-22(30)32-23-19(20)11-8-12-21(23)31/h5-13,24H,14-17H2,1-4H3. The van der Waals surface area contributed by atoms with Gasteiger partial charge in [-0.05, 0) is 74.6 Å². The molecule has 2 heterocycles. The van der Waals surface area contributed by atoms with E-state index in [-0.39, 0.29) is 29.6 Å². The van der Waals surface area contributed by atoms with E-state index >= 15 is 0 Å². The average molecular weight is 494 g/mol. The van der Waals surface area contributed by atoms with E-state index in [9.17, 15) is 4.39 Å². The van der Waals surface area contributed by atoms with Crippen LogP contribution in [0.2, 0.25) is 11.0 Å². The molecule has 0 spiro atoms. The van der Waals surface area contributed by atoms with Crippen molar-refractivity contribution in [1.82, 2.24) is 4.98 Å². The molecule has 3 aromatic rings. The van der Waals surface area contributed by atoms with Gasteiger partial charge < -0.3 is 14.0 Å². The summed E-state index contributed by atoms with van der Waals surface area (Å²) < 4.78 is 34.1. The van der Waals surface area contributed by atoms with Gasteiger partial charge in [-0.3, -0.25) is 0 Å². The first-order valence-corrected chi connectivity index (χ1v) is 12.7. The van der Waals surface area contributed by atoms with Crippen molar-refractivity contribution in [3.05, 3.63) is 76.7 Å². The normalized spacial score (nSPS) is 30.2. The Hall–Kier alpha value is -1.99. The van der Waals surface area contributed by atoms with E-state index in [0.29, 0.717) is 23.9 Å². The van der Waals surface area contributed by atoms with Crippen LogP contribution >= 0.6 is 11.6 Å². The Labute approximate surface area is 211 Å². The van der Waals surface area contributed by atoms with Gasteiger partial charge in [0.05, 0.1) is 24.4 Å². The lowest BCUT2D eigenvalue weighted by Gasteiger charge is -2.77. The van der Waals surface area contributed by atoms with Crippen LogP contribution in [0, 0.1) is 11.2 Å². The monoisotopic (exact) mass is 493 g/mol. The van der Waals surface area contributed by atoms with Crippen molar-refractivity contribution in [1.29, 1.82) is 0 Å². The van der Waals surface area contributed by atoms with Gasteiger partial charge in [-0.15, -0.1) is 0 Å². The number of benzene rings is 2. The summed E-state index contributed by atoms with van der Waals surface area (Å²) in [5.41, 5.74) is 1.39. The van der Waals surface area contributed by atoms with Gasteiger partial charge in [0.2, 0.25) is 0 Å². The smallest absolute Gasteiger partial charge is 0.403 e. The Balaban J connectivity index is 1.35. The lowest BCUT2D eigenvalue weighted by molar-refractivity contribution is -0.190. The summed E-state index contributed by atoms with van der Waals surface area (Å²) in [5.74, 6) is -0.275. The Bertz CT molecular complexity index is 1280. The van der Waals surface area contributed by atoms with E-state index in [1.165, 1.54) is 6.07 Å². The van der Waals surface area contributed by atoms with Crippen LogP contribution in [0.4, 0.5) is 4.39 Å². The molecular weight excluding hydrogens is 464 g/mol. The summed E-state index contributed by atoms with van der Waals surface area (Å²) in [7, 11) is -0.377.